The van der Waals surface area contributed by atoms with Crippen LogP contribution in [0.1, 0.15) is 45.4 Å². The van der Waals surface area contributed by atoms with Gasteiger partial charge in [-0.1, -0.05) is 26.2 Å². The van der Waals surface area contributed by atoms with Gasteiger partial charge in [-0.2, -0.15) is 0 Å². The van der Waals surface area contributed by atoms with Gasteiger partial charge in [0.1, 0.15) is 6.54 Å². The SMILES string of the molecule is CCCCCCNC(N)=NCC(=O)N1CCCC1. The van der Waals surface area contributed by atoms with E-state index < -0.39 is 0 Å². The molecule has 0 bridgehead atoms. The van der Waals surface area contributed by atoms with Crippen LogP contribution < -0.4 is 11.1 Å². The number of carbonyl (C=O) groups excluding carboxylic acids is 1. The van der Waals surface area contributed by atoms with Gasteiger partial charge in [0.25, 0.3) is 0 Å². The zero-order chi connectivity index (χ0) is 13.2. The summed E-state index contributed by atoms with van der Waals surface area (Å²) >= 11 is 0. The van der Waals surface area contributed by atoms with Gasteiger partial charge in [0, 0.05) is 19.6 Å². The maximum absolute atomic E-state index is 11.7. The van der Waals surface area contributed by atoms with Crippen molar-refractivity contribution in [3.05, 3.63) is 0 Å². The highest BCUT2D eigenvalue weighted by molar-refractivity contribution is 5.84. The standard InChI is InChI=1S/C13H26N4O/c1-2-3-4-5-8-15-13(14)16-11-12(18)17-9-6-7-10-17/h2-11H2,1H3,(H3,14,15,16). The van der Waals surface area contributed by atoms with Crippen molar-refractivity contribution in [3.8, 4) is 0 Å². The second-order valence-corrected chi connectivity index (χ2v) is 4.78. The van der Waals surface area contributed by atoms with Crippen LogP contribution >= 0.6 is 0 Å². The summed E-state index contributed by atoms with van der Waals surface area (Å²) in [6.45, 7) is 4.95. The van der Waals surface area contributed by atoms with Gasteiger partial charge in [0.15, 0.2) is 5.96 Å². The summed E-state index contributed by atoms with van der Waals surface area (Å²) in [7, 11) is 0. The van der Waals surface area contributed by atoms with Crippen LogP contribution in [0.3, 0.4) is 0 Å². The Bertz CT molecular complexity index is 272. The molecule has 0 aromatic rings. The third kappa shape index (κ3) is 5.89. The highest BCUT2D eigenvalue weighted by Gasteiger charge is 2.16. The lowest BCUT2D eigenvalue weighted by atomic mass is 10.2. The number of likely N-dealkylation sites (tertiary alicyclic amines) is 1. The van der Waals surface area contributed by atoms with Crippen LogP contribution in [0.15, 0.2) is 4.99 Å². The van der Waals surface area contributed by atoms with Gasteiger partial charge in [-0.3, -0.25) is 4.79 Å². The number of hydrogen-bond acceptors (Lipinski definition) is 2. The van der Waals surface area contributed by atoms with E-state index in [1.165, 1.54) is 19.3 Å². The summed E-state index contributed by atoms with van der Waals surface area (Å²) in [6.07, 6.45) is 7.02. The van der Waals surface area contributed by atoms with E-state index in [4.69, 9.17) is 5.73 Å². The lowest BCUT2D eigenvalue weighted by molar-refractivity contribution is -0.128. The zero-order valence-electron chi connectivity index (χ0n) is 11.5. The second kappa shape index (κ2) is 8.78. The van der Waals surface area contributed by atoms with Gasteiger partial charge < -0.3 is 16.0 Å². The predicted octanol–water partition coefficient (Wildman–Crippen LogP) is 1.09. The van der Waals surface area contributed by atoms with Gasteiger partial charge in [0.2, 0.25) is 5.91 Å². The average Bonchev–Trinajstić information content (AvgIpc) is 2.89. The van der Waals surface area contributed by atoms with Crippen LogP contribution in [0.5, 0.6) is 0 Å². The van der Waals surface area contributed by atoms with Crippen molar-refractivity contribution in [2.24, 2.45) is 10.7 Å². The van der Waals surface area contributed by atoms with E-state index in [-0.39, 0.29) is 12.5 Å². The normalized spacial score (nSPS) is 16.1. The highest BCUT2D eigenvalue weighted by Crippen LogP contribution is 2.07. The molecule has 3 N–H and O–H groups in total. The fourth-order valence-electron chi connectivity index (χ4n) is 2.04. The van der Waals surface area contributed by atoms with E-state index in [0.717, 1.165) is 38.9 Å². The largest absolute Gasteiger partial charge is 0.370 e. The molecule has 5 heteroatoms. The predicted molar refractivity (Wildman–Crippen MR) is 74.4 cm³/mol. The molecule has 1 rings (SSSR count). The molecule has 1 aliphatic rings. The van der Waals surface area contributed by atoms with E-state index >= 15 is 0 Å². The second-order valence-electron chi connectivity index (χ2n) is 4.78. The molecule has 1 amide bonds. The number of nitrogens with two attached hydrogens (primary N) is 1. The number of guanidine groups is 1. The Labute approximate surface area is 110 Å². The number of carbonyl (C=O) groups is 1. The molecule has 0 radical (unpaired) electrons. The molecule has 18 heavy (non-hydrogen) atoms. The summed E-state index contributed by atoms with van der Waals surface area (Å²) < 4.78 is 0. The van der Waals surface area contributed by atoms with Crippen LogP contribution in [0.4, 0.5) is 0 Å². The van der Waals surface area contributed by atoms with Crippen molar-refractivity contribution in [2.45, 2.75) is 45.4 Å². The maximum atomic E-state index is 11.7. The highest BCUT2D eigenvalue weighted by atomic mass is 16.2. The van der Waals surface area contributed by atoms with E-state index in [0.29, 0.717) is 5.96 Å². The zero-order valence-corrected chi connectivity index (χ0v) is 11.5. The van der Waals surface area contributed by atoms with Crippen molar-refractivity contribution in [3.63, 3.8) is 0 Å². The lowest BCUT2D eigenvalue weighted by Crippen LogP contribution is -2.35. The van der Waals surface area contributed by atoms with E-state index in [1.54, 1.807) is 0 Å². The molecular weight excluding hydrogens is 228 g/mol. The molecule has 0 saturated carbocycles. The number of unbranched alkanes of at least 4 members (excludes halogenated alkanes) is 3. The number of hydrogen-bond donors (Lipinski definition) is 2. The molecule has 0 atom stereocenters. The minimum absolute atomic E-state index is 0.0863. The maximum Gasteiger partial charge on any atom is 0.244 e. The Hall–Kier alpha value is -1.26. The van der Waals surface area contributed by atoms with Crippen LogP contribution in [-0.2, 0) is 4.79 Å². The monoisotopic (exact) mass is 254 g/mol. The van der Waals surface area contributed by atoms with Crippen LogP contribution in [0, 0.1) is 0 Å². The molecule has 5 nitrogen and oxygen atoms in total. The molecule has 0 spiro atoms. The molecule has 1 aliphatic heterocycles. The topological polar surface area (TPSA) is 70.7 Å². The van der Waals surface area contributed by atoms with Crippen LogP contribution in [-0.4, -0.2) is 42.9 Å². The molecule has 0 aromatic carbocycles. The van der Waals surface area contributed by atoms with E-state index in [1.807, 2.05) is 4.90 Å². The van der Waals surface area contributed by atoms with Crippen molar-refractivity contribution < 1.29 is 4.79 Å². The van der Waals surface area contributed by atoms with E-state index in [9.17, 15) is 4.79 Å². The van der Waals surface area contributed by atoms with Crippen LogP contribution in [0.25, 0.3) is 0 Å². The van der Waals surface area contributed by atoms with Gasteiger partial charge in [-0.15, -0.1) is 0 Å². The molecule has 0 unspecified atom stereocenters. The first-order valence-corrected chi connectivity index (χ1v) is 7.05. The van der Waals surface area contributed by atoms with E-state index in [2.05, 4.69) is 17.2 Å². The fraction of sp³-hybridized carbons (Fsp3) is 0.846. The molecular formula is C13H26N4O. The van der Waals surface area contributed by atoms with Crippen LogP contribution in [0.2, 0.25) is 0 Å². The summed E-state index contributed by atoms with van der Waals surface area (Å²) in [5, 5.41) is 3.04. The summed E-state index contributed by atoms with van der Waals surface area (Å²) in [5.41, 5.74) is 5.70. The van der Waals surface area contributed by atoms with Gasteiger partial charge >= 0.3 is 0 Å². The first-order chi connectivity index (χ1) is 8.74. The average molecular weight is 254 g/mol. The number of nitrogens with one attached hydrogen (secondary N) is 1. The Morgan fingerprint density at radius 1 is 1.28 bits per heavy atom. The molecule has 1 heterocycles. The van der Waals surface area contributed by atoms with Gasteiger partial charge in [-0.25, -0.2) is 4.99 Å². The molecule has 0 aliphatic carbocycles. The minimum Gasteiger partial charge on any atom is -0.370 e. The smallest absolute Gasteiger partial charge is 0.244 e. The number of aliphatic imine (C=N–C) groups is 1. The Kier molecular flexibility index (Phi) is 7.22. The molecule has 0 aromatic heterocycles. The number of rotatable bonds is 7. The Balaban J connectivity index is 2.10. The summed E-state index contributed by atoms with van der Waals surface area (Å²) in [4.78, 5) is 17.6. The lowest BCUT2D eigenvalue weighted by Gasteiger charge is -2.13. The quantitative estimate of drug-likeness (QED) is 0.406. The first kappa shape index (κ1) is 14.8. The van der Waals surface area contributed by atoms with Gasteiger partial charge in [-0.05, 0) is 19.3 Å². The van der Waals surface area contributed by atoms with Gasteiger partial charge in [0.05, 0.1) is 0 Å². The molecule has 104 valence electrons. The third-order valence-corrected chi connectivity index (χ3v) is 3.18. The van der Waals surface area contributed by atoms with Crippen molar-refractivity contribution >= 4 is 11.9 Å². The molecule has 1 saturated heterocycles. The number of amides is 1. The fourth-order valence-corrected chi connectivity index (χ4v) is 2.04. The Morgan fingerprint density at radius 2 is 2.00 bits per heavy atom. The Morgan fingerprint density at radius 3 is 2.67 bits per heavy atom. The molecule has 1 fully saturated rings. The summed E-state index contributed by atoms with van der Waals surface area (Å²) in [6, 6.07) is 0. The van der Waals surface area contributed by atoms with Crippen molar-refractivity contribution in [1.82, 2.24) is 10.2 Å². The number of nitrogens with zero attached hydrogens (tertiary/aromatic N) is 2. The first-order valence-electron chi connectivity index (χ1n) is 7.05. The van der Waals surface area contributed by atoms with Crippen molar-refractivity contribution in [1.29, 1.82) is 0 Å². The minimum atomic E-state index is 0.0863. The van der Waals surface area contributed by atoms with Crippen molar-refractivity contribution in [2.75, 3.05) is 26.2 Å². The summed E-state index contributed by atoms with van der Waals surface area (Å²) in [5.74, 6) is 0.474. The third-order valence-electron chi connectivity index (χ3n) is 3.18.